The number of aromatic nitrogens is 6. The Hall–Kier alpha value is -3.92. The number of halogens is 1. The van der Waals surface area contributed by atoms with Crippen LogP contribution in [0.4, 0.5) is 4.39 Å². The monoisotopic (exact) mass is 433 g/mol. The minimum atomic E-state index is -0.456. The number of nitrogens with zero attached hydrogens (tertiary/aromatic N) is 7. The van der Waals surface area contributed by atoms with Crippen molar-refractivity contribution in [2.75, 3.05) is 21.3 Å². The van der Waals surface area contributed by atoms with Crippen LogP contribution < -0.4 is 9.47 Å². The molecule has 0 radical (unpaired) electrons. The van der Waals surface area contributed by atoms with Gasteiger partial charge in [-0.05, 0) is 25.2 Å². The van der Waals surface area contributed by atoms with Crippen molar-refractivity contribution in [3.05, 3.63) is 60.1 Å². The number of benzene rings is 1. The lowest BCUT2D eigenvalue weighted by Gasteiger charge is -2.13. The predicted octanol–water partition coefficient (Wildman–Crippen LogP) is 2.89. The Bertz CT molecular complexity index is 1290. The molecule has 0 saturated heterocycles. The third kappa shape index (κ3) is 3.34. The Kier molecular flexibility index (Phi) is 4.98. The van der Waals surface area contributed by atoms with E-state index in [0.29, 0.717) is 41.7 Å². The standard InChI is InChI=1S/C22H20FN7O2/c1-29-11-17-18(7-8-20(26-17)31-2)30-19(12-29)27-28-22(30)16-10-24-15(9-25-16)13-5-4-6-14(23)21(13)32-3/h4-10H,11-12H2,1-3H3. The van der Waals surface area contributed by atoms with Crippen LogP contribution in [-0.2, 0) is 13.1 Å². The molecule has 4 heterocycles. The van der Waals surface area contributed by atoms with Crippen molar-refractivity contribution in [3.8, 4) is 40.1 Å². The SMILES string of the molecule is COc1ccc2c(n1)CN(C)Cc1nnc(-c3cnc(-c4cccc(F)c4OC)cn3)n1-2. The number of fused-ring (bicyclic) bond motifs is 3. The first kappa shape index (κ1) is 20.0. The van der Waals surface area contributed by atoms with Crippen LogP contribution in [0.5, 0.6) is 11.6 Å². The summed E-state index contributed by atoms with van der Waals surface area (Å²) in [4.78, 5) is 15.7. The number of pyridine rings is 1. The smallest absolute Gasteiger partial charge is 0.213 e. The highest BCUT2D eigenvalue weighted by Gasteiger charge is 2.25. The van der Waals surface area contributed by atoms with Crippen molar-refractivity contribution in [2.24, 2.45) is 0 Å². The maximum Gasteiger partial charge on any atom is 0.213 e. The second-order valence-electron chi connectivity index (χ2n) is 7.37. The van der Waals surface area contributed by atoms with Crippen molar-refractivity contribution in [1.82, 2.24) is 34.6 Å². The normalized spacial score (nSPS) is 13.2. The first-order valence-electron chi connectivity index (χ1n) is 9.91. The molecular formula is C22H20FN7O2. The zero-order chi connectivity index (χ0) is 22.2. The van der Waals surface area contributed by atoms with Crippen LogP contribution >= 0.6 is 0 Å². The van der Waals surface area contributed by atoms with E-state index >= 15 is 0 Å². The molecule has 3 aromatic heterocycles. The average Bonchev–Trinajstić information content (AvgIpc) is 3.15. The molecule has 0 spiro atoms. The second-order valence-corrected chi connectivity index (χ2v) is 7.37. The first-order valence-corrected chi connectivity index (χ1v) is 9.91. The Morgan fingerprint density at radius 2 is 1.75 bits per heavy atom. The summed E-state index contributed by atoms with van der Waals surface area (Å²) >= 11 is 0. The third-order valence-electron chi connectivity index (χ3n) is 5.26. The zero-order valence-corrected chi connectivity index (χ0v) is 17.8. The molecule has 0 fully saturated rings. The number of hydrogen-bond acceptors (Lipinski definition) is 8. The molecular weight excluding hydrogens is 413 g/mol. The molecule has 1 aliphatic rings. The Morgan fingerprint density at radius 1 is 0.938 bits per heavy atom. The molecule has 0 atom stereocenters. The van der Waals surface area contributed by atoms with Gasteiger partial charge in [0.1, 0.15) is 5.69 Å². The Labute approximate surface area is 183 Å². The van der Waals surface area contributed by atoms with Gasteiger partial charge in [0.25, 0.3) is 0 Å². The molecule has 0 unspecified atom stereocenters. The van der Waals surface area contributed by atoms with E-state index in [1.807, 2.05) is 23.7 Å². The highest BCUT2D eigenvalue weighted by Crippen LogP contribution is 2.32. The molecule has 5 rings (SSSR count). The van der Waals surface area contributed by atoms with Crippen LogP contribution in [0.15, 0.2) is 42.7 Å². The lowest BCUT2D eigenvalue weighted by molar-refractivity contribution is 0.309. The summed E-state index contributed by atoms with van der Waals surface area (Å²) in [5.74, 6) is 1.54. The number of methoxy groups -OCH3 is 2. The van der Waals surface area contributed by atoms with Gasteiger partial charge < -0.3 is 9.47 Å². The lowest BCUT2D eigenvalue weighted by atomic mass is 10.1. The Morgan fingerprint density at radius 3 is 2.50 bits per heavy atom. The minimum absolute atomic E-state index is 0.128. The number of para-hydroxylation sites is 1. The minimum Gasteiger partial charge on any atom is -0.493 e. The molecule has 162 valence electrons. The van der Waals surface area contributed by atoms with Crippen molar-refractivity contribution in [1.29, 1.82) is 0 Å². The number of ether oxygens (including phenoxy) is 2. The largest absolute Gasteiger partial charge is 0.493 e. The van der Waals surface area contributed by atoms with Crippen LogP contribution in [0.2, 0.25) is 0 Å². The summed E-state index contributed by atoms with van der Waals surface area (Å²) in [6.45, 7) is 1.23. The maximum atomic E-state index is 14.1. The van der Waals surface area contributed by atoms with Gasteiger partial charge in [0.15, 0.2) is 23.2 Å². The first-order chi connectivity index (χ1) is 15.6. The summed E-state index contributed by atoms with van der Waals surface area (Å²) in [5, 5.41) is 8.76. The molecule has 32 heavy (non-hydrogen) atoms. The summed E-state index contributed by atoms with van der Waals surface area (Å²) in [6.07, 6.45) is 3.17. The molecule has 1 aliphatic heterocycles. The summed E-state index contributed by atoms with van der Waals surface area (Å²) < 4.78 is 26.5. The van der Waals surface area contributed by atoms with Gasteiger partial charge in [0, 0.05) is 18.2 Å². The van der Waals surface area contributed by atoms with Crippen molar-refractivity contribution in [3.63, 3.8) is 0 Å². The topological polar surface area (TPSA) is 91.1 Å². The van der Waals surface area contributed by atoms with Gasteiger partial charge in [-0.1, -0.05) is 6.07 Å². The fourth-order valence-corrected chi connectivity index (χ4v) is 3.80. The van der Waals surface area contributed by atoms with Gasteiger partial charge in [0.05, 0.1) is 50.2 Å². The van der Waals surface area contributed by atoms with Gasteiger partial charge in [-0.3, -0.25) is 14.5 Å². The molecule has 10 heteroatoms. The van der Waals surface area contributed by atoms with Gasteiger partial charge in [-0.25, -0.2) is 14.4 Å². The highest BCUT2D eigenvalue weighted by atomic mass is 19.1. The van der Waals surface area contributed by atoms with Crippen LogP contribution in [0.25, 0.3) is 28.5 Å². The van der Waals surface area contributed by atoms with Gasteiger partial charge in [0.2, 0.25) is 5.88 Å². The number of rotatable bonds is 4. The van der Waals surface area contributed by atoms with Crippen LogP contribution in [0, 0.1) is 5.82 Å². The fraction of sp³-hybridized carbons (Fsp3) is 0.227. The van der Waals surface area contributed by atoms with E-state index < -0.39 is 5.82 Å². The molecule has 1 aromatic carbocycles. The van der Waals surface area contributed by atoms with E-state index in [9.17, 15) is 4.39 Å². The van der Waals surface area contributed by atoms with Crippen LogP contribution in [0.3, 0.4) is 0 Å². The van der Waals surface area contributed by atoms with E-state index in [2.05, 4.69) is 30.0 Å². The van der Waals surface area contributed by atoms with E-state index in [0.717, 1.165) is 17.2 Å². The quantitative estimate of drug-likeness (QED) is 0.485. The lowest BCUT2D eigenvalue weighted by Crippen LogP contribution is -2.17. The molecule has 0 aliphatic carbocycles. The molecule has 0 bridgehead atoms. The summed E-state index contributed by atoms with van der Waals surface area (Å²) in [5.41, 5.74) is 3.26. The summed E-state index contributed by atoms with van der Waals surface area (Å²) in [7, 11) is 5.01. The predicted molar refractivity (Wildman–Crippen MR) is 114 cm³/mol. The number of hydrogen-bond donors (Lipinski definition) is 0. The van der Waals surface area contributed by atoms with Gasteiger partial charge in [-0.15, -0.1) is 10.2 Å². The van der Waals surface area contributed by atoms with E-state index in [4.69, 9.17) is 9.47 Å². The third-order valence-corrected chi connectivity index (χ3v) is 5.26. The maximum absolute atomic E-state index is 14.1. The zero-order valence-electron chi connectivity index (χ0n) is 17.8. The molecule has 9 nitrogen and oxygen atoms in total. The van der Waals surface area contributed by atoms with E-state index in [-0.39, 0.29) is 5.75 Å². The van der Waals surface area contributed by atoms with Crippen molar-refractivity contribution >= 4 is 0 Å². The molecule has 4 aromatic rings. The fourth-order valence-electron chi connectivity index (χ4n) is 3.80. The van der Waals surface area contributed by atoms with E-state index in [1.54, 1.807) is 31.6 Å². The highest BCUT2D eigenvalue weighted by molar-refractivity contribution is 5.68. The van der Waals surface area contributed by atoms with Gasteiger partial charge in [-0.2, -0.15) is 0 Å². The molecule has 0 amide bonds. The van der Waals surface area contributed by atoms with Crippen molar-refractivity contribution < 1.29 is 13.9 Å². The average molecular weight is 433 g/mol. The molecule has 0 N–H and O–H groups in total. The van der Waals surface area contributed by atoms with Crippen LogP contribution in [-0.4, -0.2) is 55.9 Å². The van der Waals surface area contributed by atoms with Crippen molar-refractivity contribution in [2.45, 2.75) is 13.1 Å². The molecule has 0 saturated carbocycles. The van der Waals surface area contributed by atoms with Crippen LogP contribution in [0.1, 0.15) is 11.5 Å². The van der Waals surface area contributed by atoms with Gasteiger partial charge >= 0.3 is 0 Å². The second kappa shape index (κ2) is 7.97. The summed E-state index contributed by atoms with van der Waals surface area (Å²) in [6, 6.07) is 8.43. The van der Waals surface area contributed by atoms with E-state index in [1.165, 1.54) is 13.2 Å². The Balaban J connectivity index is 1.59.